The number of hydrogen-bond donors (Lipinski definition) is 1. The number of hydrogen-bond acceptors (Lipinski definition) is 7. The fourth-order valence-electron chi connectivity index (χ4n) is 2.96. The van der Waals surface area contributed by atoms with Crippen LogP contribution in [0.3, 0.4) is 0 Å². The molecule has 146 valence electrons. The van der Waals surface area contributed by atoms with E-state index in [-0.39, 0.29) is 48.0 Å². The molecule has 0 saturated carbocycles. The number of amides is 2. The lowest BCUT2D eigenvalue weighted by molar-refractivity contribution is -0.0588. The molecule has 1 aromatic carbocycles. The van der Waals surface area contributed by atoms with Crippen molar-refractivity contribution < 1.29 is 32.4 Å². The van der Waals surface area contributed by atoms with Crippen molar-refractivity contribution in [2.45, 2.75) is 4.90 Å². The number of aromatic nitrogens is 1. The topological polar surface area (TPSA) is 126 Å². The Labute approximate surface area is 159 Å². The third kappa shape index (κ3) is 2.99. The van der Waals surface area contributed by atoms with E-state index < -0.39 is 27.8 Å². The van der Waals surface area contributed by atoms with Gasteiger partial charge in [0.25, 0.3) is 11.8 Å². The number of H-pyrrole nitrogens is 1. The van der Waals surface area contributed by atoms with Gasteiger partial charge in [-0.2, -0.15) is 4.31 Å². The first-order valence-corrected chi connectivity index (χ1v) is 9.80. The largest absolute Gasteiger partial charge is 0.380 e. The molecule has 0 atom stereocenters. The van der Waals surface area contributed by atoms with Crippen molar-refractivity contribution >= 4 is 27.8 Å². The Morgan fingerprint density at radius 2 is 1.68 bits per heavy atom. The summed E-state index contributed by atoms with van der Waals surface area (Å²) in [6.07, 6.45) is 1.16. The standard InChI is InChI=1S/C17H15N3O7S/c21-15-12-3-1-2-4-13(12)16(22)20(15)27-17(23)14-9-11(10-18-14)28(24,25)19-5-7-26-8-6-19/h1-4,9-10,18H,5-8H2. The van der Waals surface area contributed by atoms with Crippen LogP contribution in [0.2, 0.25) is 0 Å². The summed E-state index contributed by atoms with van der Waals surface area (Å²) >= 11 is 0. The Morgan fingerprint density at radius 3 is 2.29 bits per heavy atom. The van der Waals surface area contributed by atoms with Crippen molar-refractivity contribution in [2.24, 2.45) is 0 Å². The smallest absolute Gasteiger partial charge is 0.379 e. The maximum absolute atomic E-state index is 12.6. The van der Waals surface area contributed by atoms with E-state index in [2.05, 4.69) is 4.98 Å². The number of carbonyl (C=O) groups is 3. The van der Waals surface area contributed by atoms with Crippen LogP contribution < -0.4 is 0 Å². The summed E-state index contributed by atoms with van der Waals surface area (Å²) < 4.78 is 31.6. The van der Waals surface area contributed by atoms with E-state index >= 15 is 0 Å². The lowest BCUT2D eigenvalue weighted by Gasteiger charge is -2.25. The van der Waals surface area contributed by atoms with E-state index in [9.17, 15) is 22.8 Å². The molecule has 0 spiro atoms. The summed E-state index contributed by atoms with van der Waals surface area (Å²) in [5.74, 6) is -2.58. The molecule has 2 aromatic rings. The molecule has 0 aliphatic carbocycles. The highest BCUT2D eigenvalue weighted by Gasteiger charge is 2.39. The minimum Gasteiger partial charge on any atom is -0.379 e. The van der Waals surface area contributed by atoms with Gasteiger partial charge < -0.3 is 14.6 Å². The molecule has 10 nitrogen and oxygen atoms in total. The Hall–Kier alpha value is -3.02. The van der Waals surface area contributed by atoms with Gasteiger partial charge in [-0.05, 0) is 18.2 Å². The average Bonchev–Trinajstić information content (AvgIpc) is 3.30. The highest BCUT2D eigenvalue weighted by molar-refractivity contribution is 7.89. The monoisotopic (exact) mass is 405 g/mol. The number of nitrogens with one attached hydrogen (secondary N) is 1. The molecule has 1 saturated heterocycles. The molecule has 0 bridgehead atoms. The maximum Gasteiger partial charge on any atom is 0.380 e. The number of benzene rings is 1. The number of rotatable bonds is 4. The number of aromatic amines is 1. The fraction of sp³-hybridized carbons (Fsp3) is 0.235. The van der Waals surface area contributed by atoms with Gasteiger partial charge in [-0.15, -0.1) is 0 Å². The molecule has 2 amide bonds. The van der Waals surface area contributed by atoms with E-state index in [1.54, 1.807) is 12.1 Å². The molecule has 3 heterocycles. The average molecular weight is 405 g/mol. The molecular formula is C17H15N3O7S. The minimum atomic E-state index is -3.80. The van der Waals surface area contributed by atoms with Gasteiger partial charge in [-0.1, -0.05) is 17.2 Å². The van der Waals surface area contributed by atoms with Gasteiger partial charge in [0.1, 0.15) is 10.6 Å². The molecule has 2 aliphatic heterocycles. The Morgan fingerprint density at radius 1 is 1.07 bits per heavy atom. The zero-order chi connectivity index (χ0) is 19.9. The summed E-state index contributed by atoms with van der Waals surface area (Å²) in [6.45, 7) is 1.00. The van der Waals surface area contributed by atoms with Crippen LogP contribution in [0.25, 0.3) is 0 Å². The molecule has 11 heteroatoms. The molecular weight excluding hydrogens is 390 g/mol. The predicted molar refractivity (Wildman–Crippen MR) is 92.7 cm³/mol. The van der Waals surface area contributed by atoms with Crippen LogP contribution in [0.4, 0.5) is 0 Å². The number of ether oxygens (including phenoxy) is 1. The zero-order valence-corrected chi connectivity index (χ0v) is 15.3. The molecule has 28 heavy (non-hydrogen) atoms. The van der Waals surface area contributed by atoms with Crippen LogP contribution in [0, 0.1) is 0 Å². The van der Waals surface area contributed by atoms with E-state index in [4.69, 9.17) is 9.57 Å². The van der Waals surface area contributed by atoms with Crippen molar-refractivity contribution in [2.75, 3.05) is 26.3 Å². The van der Waals surface area contributed by atoms with Gasteiger partial charge >= 0.3 is 5.97 Å². The lowest BCUT2D eigenvalue weighted by Crippen LogP contribution is -2.40. The van der Waals surface area contributed by atoms with Crippen molar-refractivity contribution in [3.63, 3.8) is 0 Å². The predicted octanol–water partition coefficient (Wildman–Crippen LogP) is 0.404. The van der Waals surface area contributed by atoms with Crippen molar-refractivity contribution in [1.29, 1.82) is 0 Å². The van der Waals surface area contributed by atoms with Gasteiger partial charge in [0.2, 0.25) is 10.0 Å². The maximum atomic E-state index is 12.6. The molecule has 1 aromatic heterocycles. The summed E-state index contributed by atoms with van der Waals surface area (Å²) in [5, 5.41) is 0.365. The second-order valence-electron chi connectivity index (χ2n) is 6.09. The van der Waals surface area contributed by atoms with Crippen LogP contribution in [0.15, 0.2) is 41.4 Å². The normalized spacial score (nSPS) is 17.6. The first kappa shape index (κ1) is 18.3. The third-order valence-corrected chi connectivity index (χ3v) is 6.29. The van der Waals surface area contributed by atoms with Gasteiger partial charge in [0.15, 0.2) is 0 Å². The summed E-state index contributed by atoms with van der Waals surface area (Å²) in [7, 11) is -3.80. The lowest BCUT2D eigenvalue weighted by atomic mass is 10.1. The molecule has 0 radical (unpaired) electrons. The van der Waals surface area contributed by atoms with Crippen LogP contribution in [0.1, 0.15) is 31.2 Å². The first-order valence-electron chi connectivity index (χ1n) is 8.36. The van der Waals surface area contributed by atoms with Crippen LogP contribution >= 0.6 is 0 Å². The molecule has 1 fully saturated rings. The van der Waals surface area contributed by atoms with Gasteiger partial charge in [-0.25, -0.2) is 13.2 Å². The van der Waals surface area contributed by atoms with Gasteiger partial charge in [-0.3, -0.25) is 9.59 Å². The Bertz CT molecular complexity index is 1030. The molecule has 0 unspecified atom stereocenters. The zero-order valence-electron chi connectivity index (χ0n) is 14.5. The quantitative estimate of drug-likeness (QED) is 0.730. The van der Waals surface area contributed by atoms with Crippen LogP contribution in [0.5, 0.6) is 0 Å². The summed E-state index contributed by atoms with van der Waals surface area (Å²) in [6, 6.07) is 7.17. The number of imide groups is 1. The van der Waals surface area contributed by atoms with E-state index in [1.807, 2.05) is 0 Å². The van der Waals surface area contributed by atoms with E-state index in [0.29, 0.717) is 5.06 Å². The third-order valence-electron chi connectivity index (χ3n) is 4.42. The minimum absolute atomic E-state index is 0.122. The van der Waals surface area contributed by atoms with Crippen LogP contribution in [-0.4, -0.2) is 66.9 Å². The van der Waals surface area contributed by atoms with Crippen LogP contribution in [-0.2, 0) is 19.6 Å². The fourth-order valence-corrected chi connectivity index (χ4v) is 4.36. The number of sulfonamides is 1. The summed E-state index contributed by atoms with van der Waals surface area (Å²) in [5.41, 5.74) is 0.0492. The molecule has 4 rings (SSSR count). The number of morpholine rings is 1. The number of hydroxylamine groups is 2. The van der Waals surface area contributed by atoms with Gasteiger partial charge in [0.05, 0.1) is 24.3 Å². The van der Waals surface area contributed by atoms with E-state index in [1.165, 1.54) is 16.4 Å². The molecule has 2 aliphatic rings. The molecule has 1 N–H and O–H groups in total. The second-order valence-corrected chi connectivity index (χ2v) is 8.03. The SMILES string of the molecule is O=C(ON1C(=O)c2ccccc2C1=O)c1cc(S(=O)(=O)N2CCOCC2)c[nH]1. The van der Waals surface area contributed by atoms with Crippen molar-refractivity contribution in [3.05, 3.63) is 53.3 Å². The number of carbonyl (C=O) groups excluding carboxylic acids is 3. The van der Waals surface area contributed by atoms with Crippen molar-refractivity contribution in [3.8, 4) is 0 Å². The first-order chi connectivity index (χ1) is 13.4. The highest BCUT2D eigenvalue weighted by Crippen LogP contribution is 2.24. The Balaban J connectivity index is 1.51. The Kier molecular flexibility index (Phi) is 4.49. The second kappa shape index (κ2) is 6.86. The van der Waals surface area contributed by atoms with Gasteiger partial charge in [0, 0.05) is 19.3 Å². The van der Waals surface area contributed by atoms with E-state index in [0.717, 1.165) is 12.3 Å². The highest BCUT2D eigenvalue weighted by atomic mass is 32.2. The number of nitrogens with zero attached hydrogens (tertiary/aromatic N) is 2. The summed E-state index contributed by atoms with van der Waals surface area (Å²) in [4.78, 5) is 44.1. The van der Waals surface area contributed by atoms with Crippen molar-refractivity contribution in [1.82, 2.24) is 14.4 Å². The number of fused-ring (bicyclic) bond motifs is 1.